The summed E-state index contributed by atoms with van der Waals surface area (Å²) in [6.45, 7) is 5.27. The van der Waals surface area contributed by atoms with E-state index in [2.05, 4.69) is 12.2 Å². The molecule has 0 aromatic carbocycles. The van der Waals surface area contributed by atoms with Crippen LogP contribution in [0.4, 0.5) is 0 Å². The van der Waals surface area contributed by atoms with Gasteiger partial charge >= 0.3 is 5.97 Å². The van der Waals surface area contributed by atoms with Gasteiger partial charge in [0.15, 0.2) is 0 Å². The maximum absolute atomic E-state index is 11.2. The van der Waals surface area contributed by atoms with Crippen molar-refractivity contribution in [3.8, 4) is 0 Å². The average Bonchev–Trinajstić information content (AvgIpc) is 2.26. The summed E-state index contributed by atoms with van der Waals surface area (Å²) in [5.74, 6) is -2.53. The molecule has 2 N–H and O–H groups in total. The first kappa shape index (κ1) is 14.9. The fourth-order valence-corrected chi connectivity index (χ4v) is 1.000. The quantitative estimate of drug-likeness (QED) is 0.459. The van der Waals surface area contributed by atoms with Crippen molar-refractivity contribution < 1.29 is 19.4 Å². The van der Waals surface area contributed by atoms with E-state index in [-0.39, 0.29) is 0 Å². The maximum atomic E-state index is 11.2. The van der Waals surface area contributed by atoms with Crippen LogP contribution in [-0.4, -0.2) is 36.7 Å². The van der Waals surface area contributed by atoms with Crippen molar-refractivity contribution in [1.82, 2.24) is 5.32 Å². The first-order valence-electron chi connectivity index (χ1n) is 5.67. The molecule has 16 heavy (non-hydrogen) atoms. The number of carboxylic acid groups (broad SMARTS) is 1. The van der Waals surface area contributed by atoms with Gasteiger partial charge in [0.2, 0.25) is 5.91 Å². The van der Waals surface area contributed by atoms with E-state index in [1.165, 1.54) is 6.92 Å². The molecule has 94 valence electrons. The second kappa shape index (κ2) is 9.15. The van der Waals surface area contributed by atoms with Gasteiger partial charge in [-0.3, -0.25) is 9.59 Å². The monoisotopic (exact) mass is 231 g/mol. The summed E-state index contributed by atoms with van der Waals surface area (Å²) in [6.07, 6.45) is 2.86. The third kappa shape index (κ3) is 7.23. The van der Waals surface area contributed by atoms with Gasteiger partial charge in [-0.1, -0.05) is 13.3 Å². The Hall–Kier alpha value is -1.10. The lowest BCUT2D eigenvalue weighted by Gasteiger charge is -2.08. The summed E-state index contributed by atoms with van der Waals surface area (Å²) in [5, 5.41) is 11.1. The Bertz CT molecular complexity index is 218. The Kier molecular flexibility index (Phi) is 8.52. The van der Waals surface area contributed by atoms with Crippen LogP contribution in [0.1, 0.15) is 33.1 Å². The van der Waals surface area contributed by atoms with Crippen LogP contribution in [0.2, 0.25) is 0 Å². The Balaban J connectivity index is 3.38. The van der Waals surface area contributed by atoms with E-state index in [4.69, 9.17) is 9.84 Å². The molecule has 0 fully saturated rings. The van der Waals surface area contributed by atoms with Crippen molar-refractivity contribution in [1.29, 1.82) is 0 Å². The summed E-state index contributed by atoms with van der Waals surface area (Å²) in [5.41, 5.74) is 0. The summed E-state index contributed by atoms with van der Waals surface area (Å²) < 4.78 is 5.30. The van der Waals surface area contributed by atoms with Crippen LogP contribution in [0.25, 0.3) is 0 Å². The lowest BCUT2D eigenvalue weighted by Crippen LogP contribution is -2.34. The van der Waals surface area contributed by atoms with Gasteiger partial charge in [0.25, 0.3) is 0 Å². The molecule has 0 aromatic rings. The first-order valence-corrected chi connectivity index (χ1v) is 5.67. The fraction of sp³-hybridized carbons (Fsp3) is 0.818. The van der Waals surface area contributed by atoms with Crippen LogP contribution in [0.5, 0.6) is 0 Å². The van der Waals surface area contributed by atoms with E-state index < -0.39 is 17.8 Å². The molecule has 1 unspecified atom stereocenters. The SMILES string of the molecule is CCCCOCCCNC(=O)C(C)C(=O)O. The third-order valence-electron chi connectivity index (χ3n) is 2.17. The molecule has 5 heteroatoms. The number of aliphatic carboxylic acids is 1. The van der Waals surface area contributed by atoms with Gasteiger partial charge in [0, 0.05) is 19.8 Å². The molecular formula is C11H21NO4. The van der Waals surface area contributed by atoms with E-state index in [1.54, 1.807) is 0 Å². The van der Waals surface area contributed by atoms with Crippen LogP contribution in [0.15, 0.2) is 0 Å². The molecule has 5 nitrogen and oxygen atoms in total. The Morgan fingerprint density at radius 2 is 1.94 bits per heavy atom. The van der Waals surface area contributed by atoms with Crippen molar-refractivity contribution in [2.24, 2.45) is 5.92 Å². The van der Waals surface area contributed by atoms with Crippen molar-refractivity contribution in [3.05, 3.63) is 0 Å². The Morgan fingerprint density at radius 3 is 2.50 bits per heavy atom. The lowest BCUT2D eigenvalue weighted by atomic mass is 10.2. The number of carbonyl (C=O) groups excluding carboxylic acids is 1. The van der Waals surface area contributed by atoms with Gasteiger partial charge in [-0.2, -0.15) is 0 Å². The highest BCUT2D eigenvalue weighted by Gasteiger charge is 2.19. The van der Waals surface area contributed by atoms with Gasteiger partial charge in [-0.15, -0.1) is 0 Å². The van der Waals surface area contributed by atoms with E-state index in [0.717, 1.165) is 19.4 Å². The molecule has 0 bridgehead atoms. The molecule has 0 aliphatic carbocycles. The molecule has 1 amide bonds. The number of carboxylic acids is 1. The number of hydrogen-bond acceptors (Lipinski definition) is 3. The van der Waals surface area contributed by atoms with E-state index in [1.807, 2.05) is 0 Å². The average molecular weight is 231 g/mol. The first-order chi connectivity index (χ1) is 7.59. The fourth-order valence-electron chi connectivity index (χ4n) is 1.000. The standard InChI is InChI=1S/C11H21NO4/c1-3-4-7-16-8-5-6-12-10(13)9(2)11(14)15/h9H,3-8H2,1-2H3,(H,12,13)(H,14,15). The highest BCUT2D eigenvalue weighted by Crippen LogP contribution is 1.94. The summed E-state index contributed by atoms with van der Waals surface area (Å²) >= 11 is 0. The zero-order chi connectivity index (χ0) is 12.4. The molecule has 0 spiro atoms. The smallest absolute Gasteiger partial charge is 0.315 e. The molecular weight excluding hydrogens is 210 g/mol. The van der Waals surface area contributed by atoms with Crippen molar-refractivity contribution >= 4 is 11.9 Å². The number of carbonyl (C=O) groups is 2. The van der Waals surface area contributed by atoms with Crippen molar-refractivity contribution in [2.45, 2.75) is 33.1 Å². The van der Waals surface area contributed by atoms with Crippen LogP contribution < -0.4 is 5.32 Å². The minimum atomic E-state index is -1.10. The normalized spacial score (nSPS) is 12.1. The zero-order valence-corrected chi connectivity index (χ0v) is 9.99. The lowest BCUT2D eigenvalue weighted by molar-refractivity contribution is -0.146. The largest absolute Gasteiger partial charge is 0.481 e. The number of rotatable bonds is 9. The van der Waals surface area contributed by atoms with Gasteiger partial charge < -0.3 is 15.2 Å². The van der Waals surface area contributed by atoms with Crippen LogP contribution in [-0.2, 0) is 14.3 Å². The number of hydrogen-bond donors (Lipinski definition) is 2. The Labute approximate surface area is 96.2 Å². The molecule has 0 aromatic heterocycles. The summed E-state index contributed by atoms with van der Waals surface area (Å²) in [7, 11) is 0. The summed E-state index contributed by atoms with van der Waals surface area (Å²) in [6, 6.07) is 0. The number of unbranched alkanes of at least 4 members (excludes halogenated alkanes) is 1. The van der Waals surface area contributed by atoms with Gasteiger partial charge in [-0.05, 0) is 19.8 Å². The van der Waals surface area contributed by atoms with Crippen LogP contribution in [0, 0.1) is 5.92 Å². The molecule has 1 atom stereocenters. The third-order valence-corrected chi connectivity index (χ3v) is 2.17. The number of ether oxygens (including phenoxy) is 1. The zero-order valence-electron chi connectivity index (χ0n) is 9.99. The van der Waals surface area contributed by atoms with E-state index >= 15 is 0 Å². The predicted octanol–water partition coefficient (Wildman–Crippen LogP) is 1.03. The number of nitrogens with one attached hydrogen (secondary N) is 1. The van der Waals surface area contributed by atoms with Crippen LogP contribution >= 0.6 is 0 Å². The number of amides is 1. The van der Waals surface area contributed by atoms with Crippen molar-refractivity contribution in [3.63, 3.8) is 0 Å². The molecule has 0 saturated heterocycles. The molecule has 0 aliphatic rings. The second-order valence-corrected chi connectivity index (χ2v) is 3.67. The second-order valence-electron chi connectivity index (χ2n) is 3.67. The predicted molar refractivity (Wildman–Crippen MR) is 60.2 cm³/mol. The van der Waals surface area contributed by atoms with E-state index in [0.29, 0.717) is 19.6 Å². The van der Waals surface area contributed by atoms with Gasteiger partial charge in [0.1, 0.15) is 5.92 Å². The minimum absolute atomic E-state index is 0.443. The molecule has 0 aliphatic heterocycles. The van der Waals surface area contributed by atoms with Crippen molar-refractivity contribution in [2.75, 3.05) is 19.8 Å². The maximum Gasteiger partial charge on any atom is 0.315 e. The topological polar surface area (TPSA) is 75.6 Å². The van der Waals surface area contributed by atoms with E-state index in [9.17, 15) is 9.59 Å². The highest BCUT2D eigenvalue weighted by atomic mass is 16.5. The summed E-state index contributed by atoms with van der Waals surface area (Å²) in [4.78, 5) is 21.6. The molecule has 0 saturated carbocycles. The minimum Gasteiger partial charge on any atom is -0.481 e. The molecule has 0 rings (SSSR count). The van der Waals surface area contributed by atoms with Crippen LogP contribution in [0.3, 0.4) is 0 Å². The Morgan fingerprint density at radius 1 is 1.31 bits per heavy atom. The molecule has 0 heterocycles. The van der Waals surface area contributed by atoms with Gasteiger partial charge in [0.05, 0.1) is 0 Å². The molecule has 0 radical (unpaired) electrons. The highest BCUT2D eigenvalue weighted by molar-refractivity contribution is 5.96. The van der Waals surface area contributed by atoms with Gasteiger partial charge in [-0.25, -0.2) is 0 Å².